The van der Waals surface area contributed by atoms with E-state index in [1.165, 1.54) is 9.80 Å². The lowest BCUT2D eigenvalue weighted by Crippen LogP contribution is -2.32. The van der Waals surface area contributed by atoms with E-state index in [1.54, 1.807) is 24.5 Å². The summed E-state index contributed by atoms with van der Waals surface area (Å²) in [5.41, 5.74) is 3.65. The molecule has 206 valence electrons. The molecule has 3 aromatic rings. The van der Waals surface area contributed by atoms with Crippen LogP contribution in [-0.2, 0) is 19.2 Å². The van der Waals surface area contributed by atoms with Crippen LogP contribution in [0.15, 0.2) is 85.2 Å². The van der Waals surface area contributed by atoms with Crippen LogP contribution >= 0.6 is 0 Å². The van der Waals surface area contributed by atoms with E-state index < -0.39 is 0 Å². The Balaban J connectivity index is 0.912. The van der Waals surface area contributed by atoms with Crippen molar-refractivity contribution in [3.63, 3.8) is 0 Å². The molecule has 8 atom stereocenters. The monoisotopic (exact) mass is 554 g/mol. The molecule has 4 fully saturated rings. The predicted octanol–water partition coefficient (Wildman–Crippen LogP) is 4.43. The van der Waals surface area contributed by atoms with Crippen molar-refractivity contribution in [3.05, 3.63) is 85.2 Å². The maximum atomic E-state index is 13.1. The molecule has 8 nitrogen and oxygen atoms in total. The smallest absolute Gasteiger partial charge is 0.238 e. The van der Waals surface area contributed by atoms with E-state index in [1.807, 2.05) is 36.4 Å². The molecular weight excluding hydrogens is 528 g/mol. The third kappa shape index (κ3) is 3.12. The highest BCUT2D eigenvalue weighted by Crippen LogP contribution is 2.54. The van der Waals surface area contributed by atoms with Crippen molar-refractivity contribution < 1.29 is 19.2 Å². The van der Waals surface area contributed by atoms with Gasteiger partial charge in [0.15, 0.2) is 5.82 Å². The van der Waals surface area contributed by atoms with Crippen molar-refractivity contribution in [2.45, 2.75) is 12.8 Å². The molecule has 0 N–H and O–H groups in total. The molecule has 8 unspecified atom stereocenters. The van der Waals surface area contributed by atoms with Gasteiger partial charge in [-0.15, -0.1) is 0 Å². The number of imide groups is 2. The minimum Gasteiger partial charge on any atom is -0.274 e. The Kier molecular flexibility index (Phi) is 4.79. The molecule has 2 aliphatic heterocycles. The Hall–Kier alpha value is -4.72. The maximum Gasteiger partial charge on any atom is 0.238 e. The van der Waals surface area contributed by atoms with Gasteiger partial charge in [-0.2, -0.15) is 0 Å². The summed E-state index contributed by atoms with van der Waals surface area (Å²) in [6, 6.07) is 14.6. The molecule has 4 bridgehead atoms. The number of fused-ring (bicyclic) bond motifs is 10. The number of hydrogen-bond donors (Lipinski definition) is 0. The number of hydrogen-bond acceptors (Lipinski definition) is 6. The number of nitrogens with zero attached hydrogens (tertiary/aromatic N) is 4. The summed E-state index contributed by atoms with van der Waals surface area (Å²) in [5.74, 6) is 0.0362. The number of carbonyl (C=O) groups is 4. The highest BCUT2D eigenvalue weighted by Gasteiger charge is 2.60. The SMILES string of the molecule is O=C1C2C3C=CC(C3)C2C(=O)N1c1ccc(-c2cnc(-c3ccc(N4C(=O)C5C6C=CC(C6)C5C4=O)cc3)nc2)cc1. The number of allylic oxidation sites excluding steroid dienone is 4. The van der Waals surface area contributed by atoms with E-state index >= 15 is 0 Å². The third-order valence-electron chi connectivity index (χ3n) is 10.4. The van der Waals surface area contributed by atoms with E-state index in [0.717, 1.165) is 29.5 Å². The Labute approximate surface area is 241 Å². The van der Waals surface area contributed by atoms with Gasteiger partial charge >= 0.3 is 0 Å². The van der Waals surface area contributed by atoms with Gasteiger partial charge < -0.3 is 0 Å². The zero-order valence-electron chi connectivity index (χ0n) is 22.5. The second-order valence-corrected chi connectivity index (χ2v) is 12.4. The number of amides is 4. The second-order valence-electron chi connectivity index (χ2n) is 12.4. The van der Waals surface area contributed by atoms with E-state index in [2.05, 4.69) is 34.3 Å². The summed E-state index contributed by atoms with van der Waals surface area (Å²) in [5, 5.41) is 0. The van der Waals surface area contributed by atoms with Crippen LogP contribution in [0, 0.1) is 47.3 Å². The summed E-state index contributed by atoms with van der Waals surface area (Å²) < 4.78 is 0. The Morgan fingerprint density at radius 3 is 1.21 bits per heavy atom. The van der Waals surface area contributed by atoms with Crippen LogP contribution in [0.25, 0.3) is 22.5 Å². The van der Waals surface area contributed by atoms with Crippen LogP contribution in [0.2, 0.25) is 0 Å². The first kappa shape index (κ1) is 23.9. The first-order valence-corrected chi connectivity index (χ1v) is 14.6. The van der Waals surface area contributed by atoms with Crippen LogP contribution in [-0.4, -0.2) is 33.6 Å². The molecule has 4 amide bonds. The minimum absolute atomic E-state index is 0.0845. The molecule has 6 aliphatic rings. The molecule has 9 rings (SSSR count). The van der Waals surface area contributed by atoms with Crippen LogP contribution in [0.3, 0.4) is 0 Å². The first-order valence-electron chi connectivity index (χ1n) is 14.6. The average molecular weight is 555 g/mol. The zero-order chi connectivity index (χ0) is 28.3. The fourth-order valence-corrected chi connectivity index (χ4v) is 8.50. The molecule has 8 heteroatoms. The molecule has 4 aliphatic carbocycles. The fourth-order valence-electron chi connectivity index (χ4n) is 8.50. The van der Waals surface area contributed by atoms with Gasteiger partial charge in [-0.1, -0.05) is 36.4 Å². The van der Waals surface area contributed by atoms with Crippen molar-refractivity contribution in [2.24, 2.45) is 47.3 Å². The van der Waals surface area contributed by atoms with Gasteiger partial charge in [-0.05, 0) is 78.5 Å². The van der Waals surface area contributed by atoms with Gasteiger partial charge in [0.05, 0.1) is 35.0 Å². The lowest BCUT2D eigenvalue weighted by atomic mass is 9.85. The van der Waals surface area contributed by atoms with Gasteiger partial charge in [-0.25, -0.2) is 9.97 Å². The number of aromatic nitrogens is 2. The standard InChI is InChI=1S/C34H26N4O4/c39-31-26-19-1-2-20(13-19)27(26)32(40)37(31)24-9-5-17(6-10-24)23-15-35-30(36-16-23)18-7-11-25(12-8-18)38-33(41)28-21-3-4-22(14-21)29(28)34(38)42/h1-12,15-16,19-22,26-29H,13-14H2. The normalized spacial score (nSPS) is 33.4. The molecular formula is C34H26N4O4. The quantitative estimate of drug-likeness (QED) is 0.349. The second kappa shape index (κ2) is 8.41. The van der Waals surface area contributed by atoms with E-state index in [-0.39, 0.29) is 71.0 Å². The topological polar surface area (TPSA) is 101 Å². The fraction of sp³-hybridized carbons (Fsp3) is 0.294. The Morgan fingerprint density at radius 2 is 0.833 bits per heavy atom. The summed E-state index contributed by atoms with van der Waals surface area (Å²) in [6.45, 7) is 0. The van der Waals surface area contributed by atoms with E-state index in [0.29, 0.717) is 17.2 Å². The molecule has 2 aromatic carbocycles. The van der Waals surface area contributed by atoms with E-state index in [9.17, 15) is 19.2 Å². The summed E-state index contributed by atoms with van der Waals surface area (Å²) in [4.78, 5) is 64.3. The number of benzene rings is 2. The number of anilines is 2. The van der Waals surface area contributed by atoms with Crippen LogP contribution < -0.4 is 9.80 Å². The molecule has 1 aromatic heterocycles. The Bertz CT molecular complexity index is 1570. The van der Waals surface area contributed by atoms with Gasteiger partial charge in [0.2, 0.25) is 23.6 Å². The highest BCUT2D eigenvalue weighted by molar-refractivity contribution is 6.23. The first-order chi connectivity index (χ1) is 20.5. The summed E-state index contributed by atoms with van der Waals surface area (Å²) in [7, 11) is 0. The largest absolute Gasteiger partial charge is 0.274 e. The van der Waals surface area contributed by atoms with Gasteiger partial charge in [0.1, 0.15) is 0 Å². The van der Waals surface area contributed by atoms with Crippen LogP contribution in [0.5, 0.6) is 0 Å². The van der Waals surface area contributed by atoms with Gasteiger partial charge in [0, 0.05) is 23.5 Å². The van der Waals surface area contributed by atoms with E-state index in [4.69, 9.17) is 0 Å². The van der Waals surface area contributed by atoms with Gasteiger partial charge in [0.25, 0.3) is 0 Å². The molecule has 3 heterocycles. The minimum atomic E-state index is -0.222. The lowest BCUT2D eigenvalue weighted by Gasteiger charge is -2.18. The molecule has 0 spiro atoms. The van der Waals surface area contributed by atoms with Crippen molar-refractivity contribution in [3.8, 4) is 22.5 Å². The summed E-state index contributed by atoms with van der Waals surface area (Å²) >= 11 is 0. The van der Waals surface area contributed by atoms with Crippen molar-refractivity contribution in [1.82, 2.24) is 9.97 Å². The lowest BCUT2D eigenvalue weighted by molar-refractivity contribution is -0.124. The number of rotatable bonds is 4. The molecule has 42 heavy (non-hydrogen) atoms. The van der Waals surface area contributed by atoms with Crippen molar-refractivity contribution in [2.75, 3.05) is 9.80 Å². The van der Waals surface area contributed by atoms with Crippen molar-refractivity contribution >= 4 is 35.0 Å². The zero-order valence-corrected chi connectivity index (χ0v) is 22.5. The average Bonchev–Trinajstić information content (AvgIpc) is 3.87. The van der Waals surface area contributed by atoms with Crippen LogP contribution in [0.4, 0.5) is 11.4 Å². The number of carbonyl (C=O) groups excluding carboxylic acids is 4. The molecule has 0 radical (unpaired) electrons. The molecule has 2 saturated carbocycles. The highest BCUT2D eigenvalue weighted by atomic mass is 16.2. The predicted molar refractivity (Wildman–Crippen MR) is 153 cm³/mol. The third-order valence-corrected chi connectivity index (χ3v) is 10.4. The molecule has 2 saturated heterocycles. The van der Waals surface area contributed by atoms with Crippen molar-refractivity contribution in [1.29, 1.82) is 0 Å². The summed E-state index contributed by atoms with van der Waals surface area (Å²) in [6.07, 6.45) is 13.7. The van der Waals surface area contributed by atoms with Gasteiger partial charge in [-0.3, -0.25) is 29.0 Å². The Morgan fingerprint density at radius 1 is 0.476 bits per heavy atom. The maximum absolute atomic E-state index is 13.1. The van der Waals surface area contributed by atoms with Crippen LogP contribution in [0.1, 0.15) is 12.8 Å².